The molecule has 2 aromatic carbocycles. The van der Waals surface area contributed by atoms with Gasteiger partial charge in [0, 0.05) is 17.1 Å². The summed E-state index contributed by atoms with van der Waals surface area (Å²) in [5.74, 6) is -0.324. The van der Waals surface area contributed by atoms with E-state index in [0.717, 1.165) is 11.3 Å². The normalized spacial score (nSPS) is 11.8. The van der Waals surface area contributed by atoms with Gasteiger partial charge in [0.25, 0.3) is 0 Å². The maximum absolute atomic E-state index is 11.5. The fourth-order valence-electron chi connectivity index (χ4n) is 1.99. The van der Waals surface area contributed by atoms with Crippen molar-refractivity contribution in [2.75, 3.05) is 24.6 Å². The number of ether oxygens (including phenoxy) is 1. The van der Waals surface area contributed by atoms with Crippen molar-refractivity contribution in [2.24, 2.45) is 5.73 Å². The van der Waals surface area contributed by atoms with Crippen molar-refractivity contribution < 1.29 is 9.53 Å². The number of nitrogens with two attached hydrogens (primary N) is 1. The van der Waals surface area contributed by atoms with Crippen LogP contribution in [0, 0.1) is 0 Å². The average molecular weight is 381 g/mol. The second-order valence-corrected chi connectivity index (χ2v) is 8.30. The van der Waals surface area contributed by atoms with Crippen LogP contribution in [0.25, 0.3) is 11.1 Å². The summed E-state index contributed by atoms with van der Waals surface area (Å²) < 4.78 is 7.86. The summed E-state index contributed by atoms with van der Waals surface area (Å²) in [4.78, 5) is 12.8. The van der Waals surface area contributed by atoms with Crippen LogP contribution in [0.1, 0.15) is 0 Å². The molecule has 0 fully saturated rings. The lowest BCUT2D eigenvalue weighted by atomic mass is 10.1. The lowest BCUT2D eigenvalue weighted by Crippen LogP contribution is -2.28. The Bertz CT molecular complexity index is 648. The van der Waals surface area contributed by atoms with Crippen LogP contribution >= 0.6 is 33.5 Å². The fraction of sp³-hybridized carbons (Fsp3) is 0.235. The topological polar surface area (TPSA) is 64.3 Å². The molecule has 4 nitrogen and oxygen atoms in total. The number of hydrogen-bond donors (Lipinski definition) is 2. The van der Waals surface area contributed by atoms with E-state index >= 15 is 0 Å². The van der Waals surface area contributed by atoms with Gasteiger partial charge in [0.15, 0.2) is 0 Å². The maximum atomic E-state index is 11.5. The molecule has 2 rings (SSSR count). The van der Waals surface area contributed by atoms with Crippen LogP contribution in [0.2, 0.25) is 0 Å². The average Bonchev–Trinajstić information content (AvgIpc) is 2.63. The summed E-state index contributed by atoms with van der Waals surface area (Å²) in [5, 5.41) is -0.420. The van der Waals surface area contributed by atoms with Crippen molar-refractivity contribution in [1.29, 1.82) is 0 Å². The number of anilines is 1. The maximum Gasteiger partial charge on any atom is 0.321 e. The van der Waals surface area contributed by atoms with Gasteiger partial charge in [0.05, 0.1) is 7.11 Å². The highest BCUT2D eigenvalue weighted by molar-refractivity contribution is 8.76. The third-order valence-corrected chi connectivity index (χ3v) is 5.98. The molecule has 0 aliphatic heterocycles. The van der Waals surface area contributed by atoms with Crippen LogP contribution in [-0.4, -0.2) is 31.1 Å². The summed E-state index contributed by atoms with van der Waals surface area (Å²) in [6.45, 7) is 0.225. The fourth-order valence-corrected chi connectivity index (χ4v) is 4.05. The zero-order chi connectivity index (χ0) is 17.4. The summed E-state index contributed by atoms with van der Waals surface area (Å²) in [6.07, 6.45) is 2.07. The number of esters is 1. The van der Waals surface area contributed by atoms with Crippen molar-refractivity contribution in [3.05, 3.63) is 48.5 Å². The van der Waals surface area contributed by atoms with E-state index in [1.54, 1.807) is 21.6 Å². The molecule has 0 aliphatic carbocycles. The number of hydrogen-bond acceptors (Lipinski definition) is 7. The van der Waals surface area contributed by atoms with E-state index in [1.165, 1.54) is 29.5 Å². The molecular formula is C17H20N2O2S3. The highest BCUT2D eigenvalue weighted by Crippen LogP contribution is 2.30. The molecule has 0 aliphatic rings. The molecule has 0 saturated carbocycles. The van der Waals surface area contributed by atoms with Gasteiger partial charge in [-0.3, -0.25) is 4.79 Å². The third kappa shape index (κ3) is 5.37. The molecule has 0 amide bonds. The minimum Gasteiger partial charge on any atom is -0.468 e. The van der Waals surface area contributed by atoms with Crippen LogP contribution in [0.15, 0.2) is 53.4 Å². The van der Waals surface area contributed by atoms with Crippen LogP contribution in [0.5, 0.6) is 0 Å². The van der Waals surface area contributed by atoms with E-state index < -0.39 is 5.25 Å². The molecule has 7 heteroatoms. The predicted octanol–water partition coefficient (Wildman–Crippen LogP) is 4.28. The van der Waals surface area contributed by atoms with Gasteiger partial charge in [-0.2, -0.15) is 0 Å². The number of carbonyl (C=O) groups excluding carboxylic acids is 1. The van der Waals surface area contributed by atoms with Crippen molar-refractivity contribution in [1.82, 2.24) is 0 Å². The Hall–Kier alpha value is -1.28. The van der Waals surface area contributed by atoms with Crippen LogP contribution < -0.4 is 10.5 Å². The predicted molar refractivity (Wildman–Crippen MR) is 107 cm³/mol. The Kier molecular flexibility index (Phi) is 7.84. The summed E-state index contributed by atoms with van der Waals surface area (Å²) in [6, 6.07) is 16.6. The zero-order valence-electron chi connectivity index (χ0n) is 13.5. The molecule has 128 valence electrons. The van der Waals surface area contributed by atoms with E-state index in [-0.39, 0.29) is 12.5 Å². The Morgan fingerprint density at radius 3 is 2.21 bits per heavy atom. The van der Waals surface area contributed by atoms with Crippen LogP contribution in [0.4, 0.5) is 5.69 Å². The first-order valence-electron chi connectivity index (χ1n) is 7.28. The van der Waals surface area contributed by atoms with E-state index in [4.69, 9.17) is 10.5 Å². The standard InChI is InChI=1S/C17H20N2O2S3/c1-21-17(20)16(11-18)23-19-14-7-3-12(4-8-14)13-5-9-15(10-6-13)24-22-2/h3-10,16,19H,11,18H2,1-2H3. The summed E-state index contributed by atoms with van der Waals surface area (Å²) in [7, 11) is 4.85. The molecular weight excluding hydrogens is 360 g/mol. The number of rotatable bonds is 8. The van der Waals surface area contributed by atoms with Crippen LogP contribution in [0.3, 0.4) is 0 Å². The van der Waals surface area contributed by atoms with E-state index in [0.29, 0.717) is 0 Å². The van der Waals surface area contributed by atoms with Gasteiger partial charge in [-0.1, -0.05) is 45.9 Å². The smallest absolute Gasteiger partial charge is 0.321 e. The molecule has 0 radical (unpaired) electrons. The first kappa shape index (κ1) is 19.1. The lowest BCUT2D eigenvalue weighted by molar-refractivity contribution is -0.139. The summed E-state index contributed by atoms with van der Waals surface area (Å²) in [5.41, 5.74) is 8.82. The lowest BCUT2D eigenvalue weighted by Gasteiger charge is -2.13. The van der Waals surface area contributed by atoms with E-state index in [1.807, 2.05) is 12.1 Å². The Morgan fingerprint density at radius 1 is 1.12 bits per heavy atom. The van der Waals surface area contributed by atoms with Gasteiger partial charge < -0.3 is 15.2 Å². The van der Waals surface area contributed by atoms with Crippen molar-refractivity contribution in [3.63, 3.8) is 0 Å². The number of benzene rings is 2. The molecule has 0 heterocycles. The molecule has 24 heavy (non-hydrogen) atoms. The van der Waals surface area contributed by atoms with Crippen molar-refractivity contribution >= 4 is 45.2 Å². The molecule has 0 bridgehead atoms. The first-order chi connectivity index (χ1) is 11.7. The van der Waals surface area contributed by atoms with Gasteiger partial charge >= 0.3 is 5.97 Å². The molecule has 2 aromatic rings. The van der Waals surface area contributed by atoms with Gasteiger partial charge in [-0.05, 0) is 53.6 Å². The van der Waals surface area contributed by atoms with Gasteiger partial charge in [-0.25, -0.2) is 0 Å². The Balaban J connectivity index is 1.98. The van der Waals surface area contributed by atoms with Gasteiger partial charge in [0.1, 0.15) is 5.25 Å². The molecule has 1 unspecified atom stereocenters. The third-order valence-electron chi connectivity index (χ3n) is 3.25. The quantitative estimate of drug-likeness (QED) is 0.402. The monoisotopic (exact) mass is 380 g/mol. The molecule has 1 atom stereocenters. The second kappa shape index (κ2) is 9.88. The minimum absolute atomic E-state index is 0.225. The number of methoxy groups -OCH3 is 1. The van der Waals surface area contributed by atoms with Gasteiger partial charge in [-0.15, -0.1) is 0 Å². The Morgan fingerprint density at radius 2 is 1.71 bits per heavy atom. The minimum atomic E-state index is -0.420. The highest BCUT2D eigenvalue weighted by atomic mass is 33.1. The highest BCUT2D eigenvalue weighted by Gasteiger charge is 2.18. The first-order valence-corrected chi connectivity index (χ1v) is 10.7. The SMILES string of the molecule is COC(=O)C(CN)SNc1ccc(-c2ccc(SSC)cc2)cc1. The second-order valence-electron chi connectivity index (χ2n) is 4.82. The largest absolute Gasteiger partial charge is 0.468 e. The Labute approximate surface area is 154 Å². The van der Waals surface area contributed by atoms with E-state index in [2.05, 4.69) is 47.4 Å². The molecule has 3 N–H and O–H groups in total. The van der Waals surface area contributed by atoms with Gasteiger partial charge in [0.2, 0.25) is 0 Å². The summed E-state index contributed by atoms with van der Waals surface area (Å²) >= 11 is 1.26. The van der Waals surface area contributed by atoms with E-state index in [9.17, 15) is 4.79 Å². The number of carbonyl (C=O) groups is 1. The van der Waals surface area contributed by atoms with Crippen molar-refractivity contribution in [3.8, 4) is 11.1 Å². The van der Waals surface area contributed by atoms with Crippen molar-refractivity contribution in [2.45, 2.75) is 10.1 Å². The molecule has 0 saturated heterocycles. The van der Waals surface area contributed by atoms with Crippen LogP contribution in [-0.2, 0) is 9.53 Å². The zero-order valence-corrected chi connectivity index (χ0v) is 16.0. The number of nitrogens with one attached hydrogen (secondary N) is 1. The molecule has 0 spiro atoms. The molecule has 0 aromatic heterocycles.